The third kappa shape index (κ3) is 6.42. The van der Waals surface area contributed by atoms with Crippen LogP contribution in [0.25, 0.3) is 22.5 Å². The predicted octanol–water partition coefficient (Wildman–Crippen LogP) is 6.48. The van der Waals surface area contributed by atoms with Crippen molar-refractivity contribution in [3.05, 3.63) is 91.0 Å². The summed E-state index contributed by atoms with van der Waals surface area (Å²) in [5.41, 5.74) is 4.37. The van der Waals surface area contributed by atoms with E-state index in [0.29, 0.717) is 17.9 Å². The van der Waals surface area contributed by atoms with Gasteiger partial charge in [0.15, 0.2) is 5.16 Å². The largest absolute Gasteiger partial charge is 0.318 e. The molecule has 5 nitrogen and oxygen atoms in total. The highest BCUT2D eigenvalue weighted by Crippen LogP contribution is 2.36. The molecule has 4 rings (SSSR count). The van der Waals surface area contributed by atoms with Gasteiger partial charge in [-0.2, -0.15) is 0 Å². The predicted molar refractivity (Wildman–Crippen MR) is 145 cm³/mol. The monoisotopic (exact) mass is 505 g/mol. The zero-order valence-corrected chi connectivity index (χ0v) is 21.6. The van der Waals surface area contributed by atoms with Crippen LogP contribution in [0.3, 0.4) is 0 Å². The van der Waals surface area contributed by atoms with Crippen LogP contribution < -0.4 is 4.72 Å². The summed E-state index contributed by atoms with van der Waals surface area (Å²) in [6, 6.07) is 29.2. The van der Waals surface area contributed by atoms with Crippen LogP contribution in [0, 0.1) is 0 Å². The first kappa shape index (κ1) is 25.2. The smallest absolute Gasteiger partial charge is 0.240 e. The first-order chi connectivity index (χ1) is 17.1. The van der Waals surface area contributed by atoms with Crippen LogP contribution in [-0.4, -0.2) is 30.3 Å². The van der Waals surface area contributed by atoms with E-state index >= 15 is 0 Å². The van der Waals surface area contributed by atoms with E-state index in [1.54, 1.807) is 36.0 Å². The summed E-state index contributed by atoms with van der Waals surface area (Å²) >= 11 is 1.69. The Kier molecular flexibility index (Phi) is 8.79. The van der Waals surface area contributed by atoms with Gasteiger partial charge in [-0.05, 0) is 25.0 Å². The Morgan fingerprint density at radius 3 is 2.06 bits per heavy atom. The zero-order valence-electron chi connectivity index (χ0n) is 19.9. The summed E-state index contributed by atoms with van der Waals surface area (Å²) in [6.07, 6.45) is 2.87. The Bertz CT molecular complexity index is 1310. The summed E-state index contributed by atoms with van der Waals surface area (Å²) in [7, 11) is -3.48. The molecule has 0 saturated carbocycles. The third-order valence-corrected chi connectivity index (χ3v) is 8.20. The van der Waals surface area contributed by atoms with E-state index in [-0.39, 0.29) is 0 Å². The van der Waals surface area contributed by atoms with Crippen molar-refractivity contribution in [2.45, 2.75) is 42.8 Å². The molecule has 0 bridgehead atoms. The quantitative estimate of drug-likeness (QED) is 0.177. The van der Waals surface area contributed by atoms with Crippen molar-refractivity contribution in [2.24, 2.45) is 0 Å². The van der Waals surface area contributed by atoms with Gasteiger partial charge in [0, 0.05) is 30.0 Å². The molecule has 1 heterocycles. The number of hydrogen-bond acceptors (Lipinski definition) is 4. The summed E-state index contributed by atoms with van der Waals surface area (Å²) < 4.78 is 30.0. The summed E-state index contributed by atoms with van der Waals surface area (Å²) in [5, 5.41) is 0.974. The minimum absolute atomic E-state index is 0.294. The molecule has 1 aromatic heterocycles. The molecule has 0 aliphatic heterocycles. The molecule has 4 aromatic rings. The Labute approximate surface area is 212 Å². The minimum Gasteiger partial charge on any atom is -0.318 e. The number of nitrogens with one attached hydrogen (secondary N) is 1. The van der Waals surface area contributed by atoms with Crippen LogP contribution in [-0.2, 0) is 16.6 Å². The van der Waals surface area contributed by atoms with Gasteiger partial charge in [-0.15, -0.1) is 0 Å². The maximum absolute atomic E-state index is 12.5. The van der Waals surface area contributed by atoms with E-state index in [2.05, 4.69) is 52.6 Å². The van der Waals surface area contributed by atoms with E-state index in [1.807, 2.05) is 30.3 Å². The molecule has 0 fully saturated rings. The van der Waals surface area contributed by atoms with Gasteiger partial charge in [0.1, 0.15) is 0 Å². The van der Waals surface area contributed by atoms with Gasteiger partial charge in [-0.3, -0.25) is 0 Å². The number of benzene rings is 3. The third-order valence-electron chi connectivity index (χ3n) is 5.66. The van der Waals surface area contributed by atoms with Crippen molar-refractivity contribution in [3.63, 3.8) is 0 Å². The van der Waals surface area contributed by atoms with Crippen molar-refractivity contribution in [1.82, 2.24) is 14.3 Å². The number of sulfonamides is 1. The van der Waals surface area contributed by atoms with Gasteiger partial charge in [0.2, 0.25) is 10.0 Å². The average molecular weight is 506 g/mol. The fourth-order valence-corrected chi connectivity index (χ4v) is 5.94. The molecule has 0 atom stereocenters. The van der Waals surface area contributed by atoms with Crippen molar-refractivity contribution < 1.29 is 8.42 Å². The van der Waals surface area contributed by atoms with E-state index in [1.165, 1.54) is 0 Å². The molecule has 3 aromatic carbocycles. The fourth-order valence-electron chi connectivity index (χ4n) is 3.88. The molecule has 0 radical (unpaired) electrons. The fraction of sp³-hybridized carbons (Fsp3) is 0.250. The zero-order chi connectivity index (χ0) is 24.5. The molecule has 0 amide bonds. The molecule has 1 N–H and O–H groups in total. The maximum atomic E-state index is 12.5. The number of hydrogen-bond donors (Lipinski definition) is 1. The number of thioether (sulfide) groups is 1. The minimum atomic E-state index is -3.48. The molecule has 35 heavy (non-hydrogen) atoms. The first-order valence-corrected chi connectivity index (χ1v) is 14.5. The van der Waals surface area contributed by atoms with E-state index < -0.39 is 10.0 Å². The highest BCUT2D eigenvalue weighted by atomic mass is 32.2. The van der Waals surface area contributed by atoms with Crippen molar-refractivity contribution in [2.75, 3.05) is 12.3 Å². The van der Waals surface area contributed by atoms with Gasteiger partial charge in [-0.1, -0.05) is 104 Å². The van der Waals surface area contributed by atoms with Gasteiger partial charge < -0.3 is 4.57 Å². The molecule has 0 aliphatic carbocycles. The number of rotatable bonds is 12. The molecule has 0 spiro atoms. The summed E-state index contributed by atoms with van der Waals surface area (Å²) in [5.74, 6) is 0.767. The molecule has 0 saturated heterocycles. The maximum Gasteiger partial charge on any atom is 0.240 e. The van der Waals surface area contributed by atoms with Crippen LogP contribution >= 0.6 is 11.8 Å². The molecule has 0 aliphatic rings. The SMILES string of the molecule is CCCCn1c(SCCCNS(=O)(=O)c2ccccc2)nc(-c2ccccc2)c1-c1ccccc1. The van der Waals surface area contributed by atoms with Crippen LogP contribution in [0.5, 0.6) is 0 Å². The standard InChI is InChI=1S/C28H31N3O2S2/c1-2-3-21-31-27(24-16-9-5-10-17-24)26(23-14-7-4-8-15-23)30-28(31)34-22-13-20-29-35(32,33)25-18-11-6-12-19-25/h4-12,14-19,29H,2-3,13,20-22H2,1H3. The Hall–Kier alpha value is -2.87. The lowest BCUT2D eigenvalue weighted by Crippen LogP contribution is -2.25. The van der Waals surface area contributed by atoms with Gasteiger partial charge >= 0.3 is 0 Å². The number of nitrogens with zero attached hydrogens (tertiary/aromatic N) is 2. The summed E-state index contributed by atoms with van der Waals surface area (Å²) in [6.45, 7) is 3.48. The highest BCUT2D eigenvalue weighted by molar-refractivity contribution is 7.99. The Balaban J connectivity index is 1.53. The first-order valence-electron chi connectivity index (χ1n) is 12.0. The second-order valence-corrected chi connectivity index (χ2v) is 11.1. The molecule has 182 valence electrons. The molecular weight excluding hydrogens is 474 g/mol. The number of imidazole rings is 1. The van der Waals surface area contributed by atoms with Crippen molar-refractivity contribution in [1.29, 1.82) is 0 Å². The lowest BCUT2D eigenvalue weighted by atomic mass is 10.0. The molecule has 0 unspecified atom stereocenters. The average Bonchev–Trinajstić information content (AvgIpc) is 3.27. The van der Waals surface area contributed by atoms with Gasteiger partial charge in [0.25, 0.3) is 0 Å². The van der Waals surface area contributed by atoms with Crippen LogP contribution in [0.2, 0.25) is 0 Å². The topological polar surface area (TPSA) is 64.0 Å². The lowest BCUT2D eigenvalue weighted by Gasteiger charge is -2.13. The van der Waals surface area contributed by atoms with Crippen molar-refractivity contribution >= 4 is 21.8 Å². The summed E-state index contributed by atoms with van der Waals surface area (Å²) in [4.78, 5) is 5.39. The second kappa shape index (κ2) is 12.2. The second-order valence-electron chi connectivity index (χ2n) is 8.24. The van der Waals surface area contributed by atoms with Crippen LogP contribution in [0.1, 0.15) is 26.2 Å². The van der Waals surface area contributed by atoms with E-state index in [0.717, 1.165) is 52.8 Å². The van der Waals surface area contributed by atoms with Crippen LogP contribution in [0.4, 0.5) is 0 Å². The molecule has 7 heteroatoms. The number of unbranched alkanes of at least 4 members (excludes halogenated alkanes) is 1. The normalized spacial score (nSPS) is 11.6. The number of aromatic nitrogens is 2. The Morgan fingerprint density at radius 1 is 0.829 bits per heavy atom. The van der Waals surface area contributed by atoms with Gasteiger partial charge in [0.05, 0.1) is 16.3 Å². The lowest BCUT2D eigenvalue weighted by molar-refractivity contribution is 0.581. The Morgan fingerprint density at radius 2 is 1.43 bits per heavy atom. The molecular formula is C28H31N3O2S2. The van der Waals surface area contributed by atoms with Gasteiger partial charge in [-0.25, -0.2) is 18.1 Å². The van der Waals surface area contributed by atoms with E-state index in [4.69, 9.17) is 4.98 Å². The van der Waals surface area contributed by atoms with Crippen molar-refractivity contribution in [3.8, 4) is 22.5 Å². The highest BCUT2D eigenvalue weighted by Gasteiger charge is 2.20. The van der Waals surface area contributed by atoms with Crippen LogP contribution in [0.15, 0.2) is 101 Å². The van der Waals surface area contributed by atoms with E-state index in [9.17, 15) is 8.42 Å².